The summed E-state index contributed by atoms with van der Waals surface area (Å²) in [5.74, 6) is 2.78. The molecule has 7 heteroatoms. The standard InChI is InChI=1S/C20H27N5O2/c1-15-22-19-9-8-17(13-25(19)23-15)21-12-16-6-2-3-7-18(16)27-14-20(26)24-10-4-5-11-24/h2-3,6-7,17,21H,4-5,8-14H2,1H3/t17-/m1/s1. The average Bonchev–Trinajstić information content (AvgIpc) is 3.33. The van der Waals surface area contributed by atoms with Crippen LogP contribution in [0, 0.1) is 6.92 Å². The molecule has 144 valence electrons. The first-order valence-corrected chi connectivity index (χ1v) is 9.81. The highest BCUT2D eigenvalue weighted by Gasteiger charge is 2.21. The van der Waals surface area contributed by atoms with Gasteiger partial charge >= 0.3 is 0 Å². The Morgan fingerprint density at radius 1 is 1.30 bits per heavy atom. The van der Waals surface area contributed by atoms with Gasteiger partial charge in [0.1, 0.15) is 17.4 Å². The molecule has 1 aromatic carbocycles. The van der Waals surface area contributed by atoms with E-state index in [9.17, 15) is 4.79 Å². The van der Waals surface area contributed by atoms with Crippen LogP contribution < -0.4 is 10.1 Å². The maximum atomic E-state index is 12.2. The zero-order chi connectivity index (χ0) is 18.6. The third-order valence-electron chi connectivity index (χ3n) is 5.33. The van der Waals surface area contributed by atoms with Crippen molar-refractivity contribution in [2.75, 3.05) is 19.7 Å². The number of amides is 1. The van der Waals surface area contributed by atoms with Crippen molar-refractivity contribution < 1.29 is 9.53 Å². The fourth-order valence-corrected chi connectivity index (χ4v) is 3.84. The summed E-state index contributed by atoms with van der Waals surface area (Å²) in [5.41, 5.74) is 1.08. The van der Waals surface area contributed by atoms with Crippen LogP contribution in [0.2, 0.25) is 0 Å². The molecule has 0 saturated carbocycles. The van der Waals surface area contributed by atoms with Crippen molar-refractivity contribution in [3.8, 4) is 5.75 Å². The molecule has 0 unspecified atom stereocenters. The first-order chi connectivity index (χ1) is 13.2. The number of carbonyl (C=O) groups excluding carboxylic acids is 1. The minimum atomic E-state index is 0.0802. The van der Waals surface area contributed by atoms with Crippen molar-refractivity contribution in [1.82, 2.24) is 25.0 Å². The van der Waals surface area contributed by atoms with Gasteiger partial charge in [-0.1, -0.05) is 18.2 Å². The Balaban J connectivity index is 1.32. The van der Waals surface area contributed by atoms with Gasteiger partial charge in [-0.05, 0) is 32.3 Å². The summed E-state index contributed by atoms with van der Waals surface area (Å²) in [6.07, 6.45) is 4.19. The number of likely N-dealkylation sites (tertiary alicyclic amines) is 1. The monoisotopic (exact) mass is 369 g/mol. The molecule has 0 spiro atoms. The van der Waals surface area contributed by atoms with Gasteiger partial charge in [0.05, 0.1) is 6.54 Å². The molecule has 1 N–H and O–H groups in total. The van der Waals surface area contributed by atoms with Gasteiger partial charge in [-0.3, -0.25) is 4.79 Å². The quantitative estimate of drug-likeness (QED) is 0.839. The molecule has 1 amide bonds. The fraction of sp³-hybridized carbons (Fsp3) is 0.550. The Morgan fingerprint density at radius 2 is 2.11 bits per heavy atom. The minimum absolute atomic E-state index is 0.0802. The number of para-hydroxylation sites is 1. The Bertz CT molecular complexity index is 797. The van der Waals surface area contributed by atoms with Gasteiger partial charge < -0.3 is 15.0 Å². The predicted octanol–water partition coefficient (Wildman–Crippen LogP) is 1.69. The molecule has 2 aliphatic heterocycles. The molecule has 2 aliphatic rings. The van der Waals surface area contributed by atoms with E-state index in [0.717, 1.165) is 68.3 Å². The lowest BCUT2D eigenvalue weighted by molar-refractivity contribution is -0.132. The lowest BCUT2D eigenvalue weighted by Crippen LogP contribution is -2.37. The van der Waals surface area contributed by atoms with Crippen molar-refractivity contribution in [2.45, 2.75) is 51.7 Å². The molecule has 2 aromatic rings. The van der Waals surface area contributed by atoms with Gasteiger partial charge in [0.25, 0.3) is 5.91 Å². The van der Waals surface area contributed by atoms with Crippen LogP contribution in [0.1, 0.15) is 36.5 Å². The Labute approximate surface area is 159 Å². The minimum Gasteiger partial charge on any atom is -0.483 e. The first-order valence-electron chi connectivity index (χ1n) is 9.81. The van der Waals surface area contributed by atoms with Crippen LogP contribution in [0.15, 0.2) is 24.3 Å². The smallest absolute Gasteiger partial charge is 0.260 e. The van der Waals surface area contributed by atoms with E-state index in [1.165, 1.54) is 0 Å². The Hall–Kier alpha value is -2.41. The second-order valence-corrected chi connectivity index (χ2v) is 7.36. The van der Waals surface area contributed by atoms with Crippen LogP contribution in [-0.4, -0.2) is 51.3 Å². The molecule has 0 aliphatic carbocycles. The number of aryl methyl sites for hydroxylation is 2. The van der Waals surface area contributed by atoms with E-state index in [1.807, 2.05) is 34.7 Å². The lowest BCUT2D eigenvalue weighted by atomic mass is 10.1. The summed E-state index contributed by atoms with van der Waals surface area (Å²) < 4.78 is 7.86. The Morgan fingerprint density at radius 3 is 2.96 bits per heavy atom. The van der Waals surface area contributed by atoms with E-state index in [2.05, 4.69) is 21.5 Å². The second-order valence-electron chi connectivity index (χ2n) is 7.36. The summed E-state index contributed by atoms with van der Waals surface area (Å²) in [7, 11) is 0. The number of aromatic nitrogens is 3. The van der Waals surface area contributed by atoms with E-state index < -0.39 is 0 Å². The molecule has 7 nitrogen and oxygen atoms in total. The van der Waals surface area contributed by atoms with E-state index in [-0.39, 0.29) is 12.5 Å². The number of rotatable bonds is 6. The maximum Gasteiger partial charge on any atom is 0.260 e. The summed E-state index contributed by atoms with van der Waals surface area (Å²) >= 11 is 0. The van der Waals surface area contributed by atoms with Gasteiger partial charge in [-0.25, -0.2) is 9.67 Å². The van der Waals surface area contributed by atoms with E-state index >= 15 is 0 Å². The third kappa shape index (κ3) is 4.30. The SMILES string of the molecule is Cc1nc2n(n1)C[C@H](NCc1ccccc1OCC(=O)N1CCCC1)CC2. The average molecular weight is 369 g/mol. The van der Waals surface area contributed by atoms with Crippen LogP contribution >= 0.6 is 0 Å². The van der Waals surface area contributed by atoms with E-state index in [4.69, 9.17) is 4.74 Å². The van der Waals surface area contributed by atoms with Crippen molar-refractivity contribution >= 4 is 5.91 Å². The third-order valence-corrected chi connectivity index (χ3v) is 5.33. The highest BCUT2D eigenvalue weighted by atomic mass is 16.5. The fourth-order valence-electron chi connectivity index (χ4n) is 3.84. The second kappa shape index (κ2) is 8.08. The maximum absolute atomic E-state index is 12.2. The van der Waals surface area contributed by atoms with Gasteiger partial charge in [0.15, 0.2) is 6.61 Å². The lowest BCUT2D eigenvalue weighted by Gasteiger charge is -2.24. The number of ether oxygens (including phenoxy) is 1. The topological polar surface area (TPSA) is 72.3 Å². The zero-order valence-electron chi connectivity index (χ0n) is 15.9. The number of nitrogens with zero attached hydrogens (tertiary/aromatic N) is 4. The Kier molecular flexibility index (Phi) is 5.38. The van der Waals surface area contributed by atoms with E-state index in [0.29, 0.717) is 12.6 Å². The molecule has 1 aromatic heterocycles. The molecular weight excluding hydrogens is 342 g/mol. The number of fused-ring (bicyclic) bond motifs is 1. The summed E-state index contributed by atoms with van der Waals surface area (Å²) in [5, 5.41) is 8.07. The normalized spacial score (nSPS) is 19.1. The molecule has 4 rings (SSSR count). The largest absolute Gasteiger partial charge is 0.483 e. The number of carbonyl (C=O) groups is 1. The van der Waals surface area contributed by atoms with E-state index in [1.54, 1.807) is 0 Å². The van der Waals surface area contributed by atoms with Crippen LogP contribution in [-0.2, 0) is 24.3 Å². The summed E-state index contributed by atoms with van der Waals surface area (Å²) in [6, 6.07) is 8.30. The molecule has 0 radical (unpaired) electrons. The summed E-state index contributed by atoms with van der Waals surface area (Å²) in [4.78, 5) is 18.6. The predicted molar refractivity (Wildman–Crippen MR) is 101 cm³/mol. The van der Waals surface area contributed by atoms with Crippen molar-refractivity contribution in [1.29, 1.82) is 0 Å². The number of hydrogen-bond acceptors (Lipinski definition) is 5. The number of nitrogens with one attached hydrogen (secondary N) is 1. The van der Waals surface area contributed by atoms with Crippen LogP contribution in [0.25, 0.3) is 0 Å². The van der Waals surface area contributed by atoms with Crippen molar-refractivity contribution in [3.63, 3.8) is 0 Å². The van der Waals surface area contributed by atoms with Gasteiger partial charge in [0, 0.05) is 37.7 Å². The molecular formula is C20H27N5O2. The molecule has 1 atom stereocenters. The van der Waals surface area contributed by atoms with Gasteiger partial charge in [-0.2, -0.15) is 5.10 Å². The molecule has 1 saturated heterocycles. The molecule has 1 fully saturated rings. The highest BCUT2D eigenvalue weighted by molar-refractivity contribution is 5.78. The first kappa shape index (κ1) is 18.0. The van der Waals surface area contributed by atoms with Crippen LogP contribution in [0.5, 0.6) is 5.75 Å². The molecule has 0 bridgehead atoms. The molecule has 27 heavy (non-hydrogen) atoms. The highest BCUT2D eigenvalue weighted by Crippen LogP contribution is 2.20. The number of benzene rings is 1. The van der Waals surface area contributed by atoms with Crippen molar-refractivity contribution in [2.24, 2.45) is 0 Å². The summed E-state index contributed by atoms with van der Waals surface area (Å²) in [6.45, 7) is 5.31. The van der Waals surface area contributed by atoms with Gasteiger partial charge in [-0.15, -0.1) is 0 Å². The van der Waals surface area contributed by atoms with Gasteiger partial charge in [0.2, 0.25) is 0 Å². The van der Waals surface area contributed by atoms with Crippen LogP contribution in [0.4, 0.5) is 0 Å². The van der Waals surface area contributed by atoms with Crippen LogP contribution in [0.3, 0.4) is 0 Å². The molecule has 3 heterocycles. The number of hydrogen-bond donors (Lipinski definition) is 1. The van der Waals surface area contributed by atoms with Crippen molar-refractivity contribution in [3.05, 3.63) is 41.5 Å². The zero-order valence-corrected chi connectivity index (χ0v) is 15.9.